The zero-order valence-electron chi connectivity index (χ0n) is 12.8. The molecule has 108 valence electrons. The Hall–Kier alpha value is -1.22. The molecule has 0 radical (unpaired) electrons. The van der Waals surface area contributed by atoms with Gasteiger partial charge < -0.3 is 14.8 Å². The highest BCUT2D eigenvalue weighted by atomic mass is 16.5. The van der Waals surface area contributed by atoms with Crippen molar-refractivity contribution in [2.75, 3.05) is 20.8 Å². The Morgan fingerprint density at radius 1 is 1.11 bits per heavy atom. The molecule has 0 heterocycles. The molecule has 0 aliphatic rings. The third-order valence-corrected chi connectivity index (χ3v) is 3.60. The lowest BCUT2D eigenvalue weighted by Crippen LogP contribution is -2.33. The average molecular weight is 265 g/mol. The Labute approximate surface area is 117 Å². The number of methoxy groups -OCH3 is 2. The molecule has 0 aliphatic heterocycles. The van der Waals surface area contributed by atoms with Crippen LogP contribution in [0.4, 0.5) is 0 Å². The van der Waals surface area contributed by atoms with E-state index in [9.17, 15) is 0 Å². The standard InChI is InChI=1S/C16H27NO2/c1-6-8-14(17-7-2)12(3)13-9-10-15(18-4)16(11-13)19-5/h9-12,14,17H,6-8H2,1-5H3. The van der Waals surface area contributed by atoms with Gasteiger partial charge in [0, 0.05) is 6.04 Å². The smallest absolute Gasteiger partial charge is 0.160 e. The SMILES string of the molecule is CCCC(NCC)C(C)c1ccc(OC)c(OC)c1. The second-order valence-electron chi connectivity index (χ2n) is 4.86. The molecule has 1 aromatic rings. The van der Waals surface area contributed by atoms with Crippen LogP contribution < -0.4 is 14.8 Å². The lowest BCUT2D eigenvalue weighted by Gasteiger charge is -2.25. The molecular weight excluding hydrogens is 238 g/mol. The van der Waals surface area contributed by atoms with Crippen LogP contribution in [0.25, 0.3) is 0 Å². The van der Waals surface area contributed by atoms with Gasteiger partial charge in [0.2, 0.25) is 0 Å². The van der Waals surface area contributed by atoms with E-state index in [1.165, 1.54) is 18.4 Å². The molecule has 2 unspecified atom stereocenters. The number of ether oxygens (including phenoxy) is 2. The fourth-order valence-corrected chi connectivity index (χ4v) is 2.47. The third kappa shape index (κ3) is 4.13. The van der Waals surface area contributed by atoms with Crippen molar-refractivity contribution in [2.45, 2.75) is 45.6 Å². The fraction of sp³-hybridized carbons (Fsp3) is 0.625. The first kappa shape index (κ1) is 15.8. The summed E-state index contributed by atoms with van der Waals surface area (Å²) < 4.78 is 10.7. The third-order valence-electron chi connectivity index (χ3n) is 3.60. The number of benzene rings is 1. The first-order valence-corrected chi connectivity index (χ1v) is 7.13. The second-order valence-corrected chi connectivity index (χ2v) is 4.86. The van der Waals surface area contributed by atoms with Gasteiger partial charge in [-0.2, -0.15) is 0 Å². The van der Waals surface area contributed by atoms with Crippen LogP contribution in [0.2, 0.25) is 0 Å². The predicted molar refractivity (Wildman–Crippen MR) is 80.3 cm³/mol. The second kappa shape index (κ2) is 8.05. The van der Waals surface area contributed by atoms with Crippen LogP contribution in [0.5, 0.6) is 11.5 Å². The minimum absolute atomic E-state index is 0.458. The van der Waals surface area contributed by atoms with Crippen molar-refractivity contribution in [3.63, 3.8) is 0 Å². The van der Waals surface area contributed by atoms with Crippen molar-refractivity contribution in [2.24, 2.45) is 0 Å². The average Bonchev–Trinajstić information content (AvgIpc) is 2.45. The molecule has 0 fully saturated rings. The normalized spacial score (nSPS) is 13.9. The molecule has 1 N–H and O–H groups in total. The van der Waals surface area contributed by atoms with E-state index in [-0.39, 0.29) is 0 Å². The lowest BCUT2D eigenvalue weighted by atomic mass is 9.90. The minimum atomic E-state index is 0.458. The number of likely N-dealkylation sites (N-methyl/N-ethyl adjacent to an activating group) is 1. The topological polar surface area (TPSA) is 30.5 Å². The molecule has 19 heavy (non-hydrogen) atoms. The highest BCUT2D eigenvalue weighted by Gasteiger charge is 2.18. The zero-order chi connectivity index (χ0) is 14.3. The van der Waals surface area contributed by atoms with Crippen molar-refractivity contribution in [3.05, 3.63) is 23.8 Å². The number of rotatable bonds is 8. The monoisotopic (exact) mass is 265 g/mol. The number of hydrogen-bond donors (Lipinski definition) is 1. The van der Waals surface area contributed by atoms with E-state index in [2.05, 4.69) is 38.2 Å². The highest BCUT2D eigenvalue weighted by molar-refractivity contribution is 5.44. The first-order chi connectivity index (χ1) is 9.17. The summed E-state index contributed by atoms with van der Waals surface area (Å²) in [4.78, 5) is 0. The van der Waals surface area contributed by atoms with Crippen LogP contribution in [0.1, 0.15) is 45.1 Å². The van der Waals surface area contributed by atoms with E-state index >= 15 is 0 Å². The van der Waals surface area contributed by atoms with Gasteiger partial charge in [0.05, 0.1) is 14.2 Å². The van der Waals surface area contributed by atoms with E-state index < -0.39 is 0 Å². The van der Waals surface area contributed by atoms with E-state index in [4.69, 9.17) is 9.47 Å². The molecule has 0 saturated heterocycles. The van der Waals surface area contributed by atoms with Crippen molar-refractivity contribution < 1.29 is 9.47 Å². The van der Waals surface area contributed by atoms with Gasteiger partial charge in [0.15, 0.2) is 11.5 Å². The molecule has 2 atom stereocenters. The maximum Gasteiger partial charge on any atom is 0.160 e. The zero-order valence-corrected chi connectivity index (χ0v) is 12.8. The quantitative estimate of drug-likeness (QED) is 0.779. The maximum absolute atomic E-state index is 5.38. The number of hydrogen-bond acceptors (Lipinski definition) is 3. The summed E-state index contributed by atoms with van der Waals surface area (Å²) in [6, 6.07) is 6.71. The minimum Gasteiger partial charge on any atom is -0.493 e. The Morgan fingerprint density at radius 2 is 1.79 bits per heavy atom. The molecule has 3 heteroatoms. The molecular formula is C16H27NO2. The summed E-state index contributed by atoms with van der Waals surface area (Å²) >= 11 is 0. The molecule has 0 amide bonds. The van der Waals surface area contributed by atoms with Gasteiger partial charge >= 0.3 is 0 Å². The van der Waals surface area contributed by atoms with Crippen molar-refractivity contribution in [3.8, 4) is 11.5 Å². The van der Waals surface area contributed by atoms with E-state index in [0.29, 0.717) is 12.0 Å². The summed E-state index contributed by atoms with van der Waals surface area (Å²) in [6.45, 7) is 7.65. The van der Waals surface area contributed by atoms with Crippen molar-refractivity contribution in [1.82, 2.24) is 5.32 Å². The van der Waals surface area contributed by atoms with Crippen molar-refractivity contribution >= 4 is 0 Å². The van der Waals surface area contributed by atoms with E-state index in [1.54, 1.807) is 14.2 Å². The van der Waals surface area contributed by atoms with Crippen LogP contribution in [0.3, 0.4) is 0 Å². The van der Waals surface area contributed by atoms with Crippen LogP contribution in [-0.4, -0.2) is 26.8 Å². The van der Waals surface area contributed by atoms with E-state index in [1.807, 2.05) is 6.07 Å². The Bertz CT molecular complexity index is 373. The summed E-state index contributed by atoms with van der Waals surface area (Å²) in [5, 5.41) is 3.58. The van der Waals surface area contributed by atoms with E-state index in [0.717, 1.165) is 18.0 Å². The van der Waals surface area contributed by atoms with Gasteiger partial charge in [-0.3, -0.25) is 0 Å². The van der Waals surface area contributed by atoms with Gasteiger partial charge in [-0.1, -0.05) is 33.3 Å². The highest BCUT2D eigenvalue weighted by Crippen LogP contribution is 2.32. The fourth-order valence-electron chi connectivity index (χ4n) is 2.47. The summed E-state index contributed by atoms with van der Waals surface area (Å²) in [5.41, 5.74) is 1.29. The van der Waals surface area contributed by atoms with Crippen LogP contribution >= 0.6 is 0 Å². The van der Waals surface area contributed by atoms with Crippen LogP contribution in [0.15, 0.2) is 18.2 Å². The van der Waals surface area contributed by atoms with Gasteiger partial charge in [-0.15, -0.1) is 0 Å². The van der Waals surface area contributed by atoms with Crippen molar-refractivity contribution in [1.29, 1.82) is 0 Å². The Kier molecular flexibility index (Phi) is 6.71. The predicted octanol–water partition coefficient (Wildman–Crippen LogP) is 3.59. The first-order valence-electron chi connectivity index (χ1n) is 7.13. The largest absolute Gasteiger partial charge is 0.493 e. The molecule has 0 spiro atoms. The number of nitrogens with one attached hydrogen (secondary N) is 1. The van der Waals surface area contributed by atoms with Gasteiger partial charge in [0.25, 0.3) is 0 Å². The molecule has 1 rings (SSSR count). The van der Waals surface area contributed by atoms with Crippen LogP contribution in [0, 0.1) is 0 Å². The lowest BCUT2D eigenvalue weighted by molar-refractivity contribution is 0.353. The van der Waals surface area contributed by atoms with Gasteiger partial charge in [-0.05, 0) is 36.6 Å². The molecule has 0 aromatic heterocycles. The molecule has 0 saturated carbocycles. The summed E-state index contributed by atoms with van der Waals surface area (Å²) in [7, 11) is 3.35. The Morgan fingerprint density at radius 3 is 2.32 bits per heavy atom. The van der Waals surface area contributed by atoms with Gasteiger partial charge in [-0.25, -0.2) is 0 Å². The van der Waals surface area contributed by atoms with Crippen LogP contribution in [-0.2, 0) is 0 Å². The molecule has 3 nitrogen and oxygen atoms in total. The van der Waals surface area contributed by atoms with Gasteiger partial charge in [0.1, 0.15) is 0 Å². The Balaban J connectivity index is 2.93. The maximum atomic E-state index is 5.38. The molecule has 0 bridgehead atoms. The molecule has 1 aromatic carbocycles. The summed E-state index contributed by atoms with van der Waals surface area (Å²) in [6.07, 6.45) is 2.37. The summed E-state index contributed by atoms with van der Waals surface area (Å²) in [5.74, 6) is 2.05. The molecule has 0 aliphatic carbocycles.